The minimum absolute atomic E-state index is 0.0730. The summed E-state index contributed by atoms with van der Waals surface area (Å²) in [6, 6.07) is 0.465. The molecule has 0 bridgehead atoms. The van der Waals surface area contributed by atoms with Gasteiger partial charge >= 0.3 is 0 Å². The standard InChI is InChI=1S/C14H26N2O/c15-14(17)13(16-12-9-5-6-10-12)11-7-3-1-2-4-8-11/h11-13,16H,1-10H2,(H2,15,17). The fraction of sp³-hybridized carbons (Fsp3) is 0.929. The van der Waals surface area contributed by atoms with Crippen LogP contribution in [0.1, 0.15) is 64.2 Å². The molecule has 0 saturated heterocycles. The van der Waals surface area contributed by atoms with E-state index in [1.165, 1.54) is 64.2 Å². The summed E-state index contributed by atoms with van der Waals surface area (Å²) in [5, 5.41) is 3.54. The lowest BCUT2D eigenvalue weighted by molar-refractivity contribution is -0.121. The Morgan fingerprint density at radius 1 is 0.941 bits per heavy atom. The quantitative estimate of drug-likeness (QED) is 0.739. The van der Waals surface area contributed by atoms with Gasteiger partial charge in [0, 0.05) is 6.04 Å². The van der Waals surface area contributed by atoms with E-state index in [2.05, 4.69) is 5.32 Å². The Hall–Kier alpha value is -0.570. The van der Waals surface area contributed by atoms with Crippen LogP contribution in [0.5, 0.6) is 0 Å². The van der Waals surface area contributed by atoms with Gasteiger partial charge in [0.25, 0.3) is 0 Å². The van der Waals surface area contributed by atoms with Gasteiger partial charge in [0.1, 0.15) is 0 Å². The second-order valence-electron chi connectivity index (χ2n) is 5.78. The Morgan fingerprint density at radius 2 is 1.47 bits per heavy atom. The Morgan fingerprint density at radius 3 is 2.00 bits per heavy atom. The molecule has 0 aromatic heterocycles. The summed E-state index contributed by atoms with van der Waals surface area (Å²) in [4.78, 5) is 11.7. The van der Waals surface area contributed by atoms with Crippen LogP contribution in [0.25, 0.3) is 0 Å². The van der Waals surface area contributed by atoms with Gasteiger partial charge in [0.2, 0.25) is 5.91 Å². The predicted octanol–water partition coefficient (Wildman–Crippen LogP) is 2.34. The van der Waals surface area contributed by atoms with Gasteiger partial charge in [-0.15, -0.1) is 0 Å². The minimum Gasteiger partial charge on any atom is -0.368 e. The van der Waals surface area contributed by atoms with Gasteiger partial charge in [0.15, 0.2) is 0 Å². The summed E-state index contributed by atoms with van der Waals surface area (Å²) in [5.74, 6) is 0.347. The zero-order chi connectivity index (χ0) is 12.1. The minimum atomic E-state index is -0.135. The molecule has 98 valence electrons. The summed E-state index contributed by atoms with van der Waals surface area (Å²) < 4.78 is 0. The first-order valence-electron chi connectivity index (χ1n) is 7.33. The molecule has 17 heavy (non-hydrogen) atoms. The molecule has 0 heterocycles. The normalized spacial score (nSPS) is 25.6. The molecule has 3 heteroatoms. The molecule has 0 radical (unpaired) electrons. The highest BCUT2D eigenvalue weighted by molar-refractivity contribution is 5.80. The molecule has 0 aromatic rings. The molecule has 0 aromatic carbocycles. The number of carbonyl (C=O) groups is 1. The van der Waals surface area contributed by atoms with Gasteiger partial charge in [0.05, 0.1) is 6.04 Å². The molecule has 2 rings (SSSR count). The van der Waals surface area contributed by atoms with Crippen molar-refractivity contribution in [2.24, 2.45) is 11.7 Å². The average molecular weight is 238 g/mol. The molecule has 2 aliphatic carbocycles. The van der Waals surface area contributed by atoms with Crippen molar-refractivity contribution in [1.82, 2.24) is 5.32 Å². The van der Waals surface area contributed by atoms with E-state index in [-0.39, 0.29) is 11.9 Å². The Labute approximate surface area is 105 Å². The van der Waals surface area contributed by atoms with Gasteiger partial charge in [-0.1, -0.05) is 38.5 Å². The van der Waals surface area contributed by atoms with Crippen molar-refractivity contribution in [3.8, 4) is 0 Å². The van der Waals surface area contributed by atoms with Crippen LogP contribution < -0.4 is 11.1 Å². The lowest BCUT2D eigenvalue weighted by atomic mass is 9.90. The maximum absolute atomic E-state index is 11.7. The van der Waals surface area contributed by atoms with E-state index in [0.29, 0.717) is 12.0 Å². The molecule has 0 spiro atoms. The predicted molar refractivity (Wildman–Crippen MR) is 69.6 cm³/mol. The third kappa shape index (κ3) is 3.70. The van der Waals surface area contributed by atoms with E-state index < -0.39 is 0 Å². The molecule has 2 aliphatic rings. The lowest BCUT2D eigenvalue weighted by Crippen LogP contribution is -2.50. The van der Waals surface area contributed by atoms with Gasteiger partial charge in [-0.3, -0.25) is 4.79 Å². The van der Waals surface area contributed by atoms with Crippen LogP contribution >= 0.6 is 0 Å². The number of amides is 1. The highest BCUT2D eigenvalue weighted by Crippen LogP contribution is 2.27. The van der Waals surface area contributed by atoms with Crippen molar-refractivity contribution < 1.29 is 4.79 Å². The summed E-state index contributed by atoms with van der Waals surface area (Å²) in [6.45, 7) is 0. The van der Waals surface area contributed by atoms with E-state index in [1.54, 1.807) is 0 Å². The van der Waals surface area contributed by atoms with Crippen molar-refractivity contribution >= 4 is 5.91 Å². The van der Waals surface area contributed by atoms with Gasteiger partial charge < -0.3 is 11.1 Å². The largest absolute Gasteiger partial charge is 0.368 e. The SMILES string of the molecule is NC(=O)C(NC1CCCC1)C1CCCCCC1. The van der Waals surface area contributed by atoms with E-state index in [9.17, 15) is 4.79 Å². The number of primary amides is 1. The van der Waals surface area contributed by atoms with Gasteiger partial charge in [-0.05, 0) is 31.6 Å². The molecule has 1 unspecified atom stereocenters. The second-order valence-corrected chi connectivity index (χ2v) is 5.78. The number of carbonyl (C=O) groups excluding carboxylic acids is 1. The van der Waals surface area contributed by atoms with Gasteiger partial charge in [-0.25, -0.2) is 0 Å². The number of nitrogens with two attached hydrogens (primary N) is 1. The fourth-order valence-corrected chi connectivity index (χ4v) is 3.44. The maximum Gasteiger partial charge on any atom is 0.234 e. The summed E-state index contributed by atoms with van der Waals surface area (Å²) in [6.07, 6.45) is 12.6. The molecule has 0 aliphatic heterocycles. The zero-order valence-corrected chi connectivity index (χ0v) is 10.8. The maximum atomic E-state index is 11.7. The first-order chi connectivity index (χ1) is 8.27. The van der Waals surface area contributed by atoms with Crippen LogP contribution in [0, 0.1) is 5.92 Å². The third-order valence-corrected chi connectivity index (χ3v) is 4.45. The Balaban J connectivity index is 1.92. The van der Waals surface area contributed by atoms with Crippen molar-refractivity contribution in [3.05, 3.63) is 0 Å². The molecule has 1 amide bonds. The number of nitrogens with one attached hydrogen (secondary N) is 1. The number of rotatable bonds is 4. The first-order valence-corrected chi connectivity index (χ1v) is 7.33. The summed E-state index contributed by atoms with van der Waals surface area (Å²) >= 11 is 0. The Kier molecular flexibility index (Phi) is 4.84. The van der Waals surface area contributed by atoms with Crippen LogP contribution in [-0.4, -0.2) is 18.0 Å². The van der Waals surface area contributed by atoms with E-state index in [0.717, 1.165) is 0 Å². The second kappa shape index (κ2) is 6.39. The van der Waals surface area contributed by atoms with E-state index in [1.807, 2.05) is 0 Å². The van der Waals surface area contributed by atoms with Crippen molar-refractivity contribution in [1.29, 1.82) is 0 Å². The molecule has 3 N–H and O–H groups in total. The van der Waals surface area contributed by atoms with Crippen LogP contribution in [-0.2, 0) is 4.79 Å². The molecule has 3 nitrogen and oxygen atoms in total. The molecular formula is C14H26N2O. The van der Waals surface area contributed by atoms with Crippen LogP contribution in [0.4, 0.5) is 0 Å². The topological polar surface area (TPSA) is 55.1 Å². The van der Waals surface area contributed by atoms with Crippen LogP contribution in [0.2, 0.25) is 0 Å². The average Bonchev–Trinajstić information content (AvgIpc) is 2.67. The van der Waals surface area contributed by atoms with E-state index in [4.69, 9.17) is 5.73 Å². The zero-order valence-electron chi connectivity index (χ0n) is 10.8. The first kappa shape index (κ1) is 12.9. The molecule has 2 saturated carbocycles. The van der Waals surface area contributed by atoms with Crippen LogP contribution in [0.15, 0.2) is 0 Å². The monoisotopic (exact) mass is 238 g/mol. The fourth-order valence-electron chi connectivity index (χ4n) is 3.44. The van der Waals surface area contributed by atoms with Crippen molar-refractivity contribution in [2.45, 2.75) is 76.3 Å². The highest BCUT2D eigenvalue weighted by Gasteiger charge is 2.29. The smallest absolute Gasteiger partial charge is 0.234 e. The lowest BCUT2D eigenvalue weighted by Gasteiger charge is -2.27. The molecular weight excluding hydrogens is 212 g/mol. The van der Waals surface area contributed by atoms with E-state index >= 15 is 0 Å². The Bertz CT molecular complexity index is 241. The van der Waals surface area contributed by atoms with Crippen molar-refractivity contribution in [3.63, 3.8) is 0 Å². The number of hydrogen-bond donors (Lipinski definition) is 2. The van der Waals surface area contributed by atoms with Gasteiger partial charge in [-0.2, -0.15) is 0 Å². The van der Waals surface area contributed by atoms with Crippen LogP contribution in [0.3, 0.4) is 0 Å². The van der Waals surface area contributed by atoms with Crippen molar-refractivity contribution in [2.75, 3.05) is 0 Å². The third-order valence-electron chi connectivity index (χ3n) is 4.45. The summed E-state index contributed by atoms with van der Waals surface area (Å²) in [7, 11) is 0. The molecule has 2 fully saturated rings. The number of hydrogen-bond acceptors (Lipinski definition) is 2. The molecule has 1 atom stereocenters. The highest BCUT2D eigenvalue weighted by atomic mass is 16.1. The summed E-state index contributed by atoms with van der Waals surface area (Å²) in [5.41, 5.74) is 5.60.